The predicted octanol–water partition coefficient (Wildman–Crippen LogP) is 0.654. The second kappa shape index (κ2) is 9.15. The SMILES string of the molecule is CCNC(=NCCO)NC1CCN(CC(C)C)CC1. The van der Waals surface area contributed by atoms with E-state index in [9.17, 15) is 0 Å². The van der Waals surface area contributed by atoms with Crippen molar-refractivity contribution in [3.63, 3.8) is 0 Å². The van der Waals surface area contributed by atoms with Gasteiger partial charge in [0.1, 0.15) is 0 Å². The minimum absolute atomic E-state index is 0.101. The van der Waals surface area contributed by atoms with Crippen molar-refractivity contribution in [2.45, 2.75) is 39.7 Å². The van der Waals surface area contributed by atoms with Gasteiger partial charge in [0.15, 0.2) is 5.96 Å². The van der Waals surface area contributed by atoms with E-state index in [-0.39, 0.29) is 6.61 Å². The van der Waals surface area contributed by atoms with Gasteiger partial charge in [0.2, 0.25) is 0 Å². The van der Waals surface area contributed by atoms with Crippen molar-refractivity contribution in [2.75, 3.05) is 39.3 Å². The van der Waals surface area contributed by atoms with E-state index in [2.05, 4.69) is 41.3 Å². The Labute approximate surface area is 117 Å². The first-order valence-electron chi connectivity index (χ1n) is 7.53. The van der Waals surface area contributed by atoms with Crippen LogP contribution in [-0.4, -0.2) is 61.3 Å². The molecular formula is C14H30N4O. The fraction of sp³-hybridized carbons (Fsp3) is 0.929. The second-order valence-corrected chi connectivity index (χ2v) is 5.60. The number of likely N-dealkylation sites (tertiary alicyclic amines) is 1. The van der Waals surface area contributed by atoms with Gasteiger partial charge < -0.3 is 20.6 Å². The number of aliphatic hydroxyl groups is 1. The van der Waals surface area contributed by atoms with Crippen molar-refractivity contribution < 1.29 is 5.11 Å². The molecule has 5 heteroatoms. The Morgan fingerprint density at radius 3 is 2.58 bits per heavy atom. The molecule has 0 atom stereocenters. The summed E-state index contributed by atoms with van der Waals surface area (Å²) in [4.78, 5) is 6.87. The van der Waals surface area contributed by atoms with Crippen LogP contribution < -0.4 is 10.6 Å². The number of guanidine groups is 1. The third kappa shape index (κ3) is 6.78. The molecule has 1 aliphatic heterocycles. The zero-order valence-electron chi connectivity index (χ0n) is 12.7. The Balaban J connectivity index is 2.33. The molecule has 0 aromatic heterocycles. The fourth-order valence-electron chi connectivity index (χ4n) is 2.45. The maximum Gasteiger partial charge on any atom is 0.191 e. The first kappa shape index (κ1) is 16.2. The topological polar surface area (TPSA) is 59.9 Å². The van der Waals surface area contributed by atoms with Gasteiger partial charge in [-0.1, -0.05) is 13.8 Å². The van der Waals surface area contributed by atoms with Crippen molar-refractivity contribution in [1.82, 2.24) is 15.5 Å². The average Bonchev–Trinajstić information content (AvgIpc) is 2.38. The lowest BCUT2D eigenvalue weighted by Crippen LogP contribution is -2.49. The number of nitrogens with zero attached hydrogens (tertiary/aromatic N) is 2. The van der Waals surface area contributed by atoms with E-state index in [1.54, 1.807) is 0 Å². The largest absolute Gasteiger partial charge is 0.394 e. The Morgan fingerprint density at radius 1 is 1.37 bits per heavy atom. The number of piperidine rings is 1. The van der Waals surface area contributed by atoms with Crippen LogP contribution in [0, 0.1) is 5.92 Å². The Kier molecular flexibility index (Phi) is 7.82. The number of rotatable bonds is 6. The summed E-state index contributed by atoms with van der Waals surface area (Å²) >= 11 is 0. The molecule has 112 valence electrons. The van der Waals surface area contributed by atoms with Crippen LogP contribution in [0.5, 0.6) is 0 Å². The molecule has 1 heterocycles. The molecule has 1 saturated heterocycles. The van der Waals surface area contributed by atoms with Crippen LogP contribution in [0.25, 0.3) is 0 Å². The smallest absolute Gasteiger partial charge is 0.191 e. The number of aliphatic imine (C=N–C) groups is 1. The van der Waals surface area contributed by atoms with E-state index in [0.29, 0.717) is 12.6 Å². The molecule has 0 saturated carbocycles. The second-order valence-electron chi connectivity index (χ2n) is 5.60. The molecule has 0 aromatic carbocycles. The van der Waals surface area contributed by atoms with Crippen molar-refractivity contribution in [3.05, 3.63) is 0 Å². The molecular weight excluding hydrogens is 240 g/mol. The first-order chi connectivity index (χ1) is 9.15. The highest BCUT2D eigenvalue weighted by molar-refractivity contribution is 5.80. The van der Waals surface area contributed by atoms with Gasteiger partial charge in [-0.05, 0) is 25.7 Å². The molecule has 0 aliphatic carbocycles. The molecule has 0 aromatic rings. The average molecular weight is 270 g/mol. The van der Waals surface area contributed by atoms with Crippen molar-refractivity contribution in [2.24, 2.45) is 10.9 Å². The maximum absolute atomic E-state index is 8.84. The van der Waals surface area contributed by atoms with Crippen LogP contribution in [0.15, 0.2) is 4.99 Å². The normalized spacial score (nSPS) is 18.9. The number of aliphatic hydroxyl groups excluding tert-OH is 1. The summed E-state index contributed by atoms with van der Waals surface area (Å²) < 4.78 is 0. The van der Waals surface area contributed by atoms with Crippen LogP contribution in [0.1, 0.15) is 33.6 Å². The molecule has 0 amide bonds. The Morgan fingerprint density at radius 2 is 2.05 bits per heavy atom. The predicted molar refractivity (Wildman–Crippen MR) is 80.5 cm³/mol. The highest BCUT2D eigenvalue weighted by Gasteiger charge is 2.20. The van der Waals surface area contributed by atoms with Crippen LogP contribution in [0.2, 0.25) is 0 Å². The van der Waals surface area contributed by atoms with E-state index < -0.39 is 0 Å². The van der Waals surface area contributed by atoms with Gasteiger partial charge in [-0.15, -0.1) is 0 Å². The summed E-state index contributed by atoms with van der Waals surface area (Å²) in [5.74, 6) is 1.58. The molecule has 1 aliphatic rings. The third-order valence-corrected chi connectivity index (χ3v) is 3.27. The van der Waals surface area contributed by atoms with Gasteiger partial charge in [0, 0.05) is 32.2 Å². The van der Waals surface area contributed by atoms with Crippen LogP contribution >= 0.6 is 0 Å². The van der Waals surface area contributed by atoms with Gasteiger partial charge in [-0.25, -0.2) is 0 Å². The first-order valence-corrected chi connectivity index (χ1v) is 7.53. The molecule has 19 heavy (non-hydrogen) atoms. The van der Waals surface area contributed by atoms with Crippen LogP contribution in [-0.2, 0) is 0 Å². The molecule has 0 bridgehead atoms. The lowest BCUT2D eigenvalue weighted by molar-refractivity contribution is 0.187. The summed E-state index contributed by atoms with van der Waals surface area (Å²) in [5, 5.41) is 15.5. The highest BCUT2D eigenvalue weighted by atomic mass is 16.3. The van der Waals surface area contributed by atoms with Crippen LogP contribution in [0.4, 0.5) is 0 Å². The standard InChI is InChI=1S/C14H30N4O/c1-4-15-14(16-7-10-19)17-13-5-8-18(9-6-13)11-12(2)3/h12-13,19H,4-11H2,1-3H3,(H2,15,16,17). The van der Waals surface area contributed by atoms with Gasteiger partial charge in [0.05, 0.1) is 13.2 Å². The van der Waals surface area contributed by atoms with E-state index in [4.69, 9.17) is 5.11 Å². The van der Waals surface area contributed by atoms with Crippen molar-refractivity contribution in [3.8, 4) is 0 Å². The van der Waals surface area contributed by atoms with E-state index in [0.717, 1.165) is 44.4 Å². The Hall–Kier alpha value is -0.810. The maximum atomic E-state index is 8.84. The van der Waals surface area contributed by atoms with Crippen molar-refractivity contribution in [1.29, 1.82) is 0 Å². The van der Waals surface area contributed by atoms with Crippen molar-refractivity contribution >= 4 is 5.96 Å². The number of hydrogen-bond acceptors (Lipinski definition) is 3. The minimum Gasteiger partial charge on any atom is -0.394 e. The summed E-state index contributed by atoms with van der Waals surface area (Å²) in [5.41, 5.74) is 0. The molecule has 1 rings (SSSR count). The highest BCUT2D eigenvalue weighted by Crippen LogP contribution is 2.11. The molecule has 3 N–H and O–H groups in total. The Bertz CT molecular complexity index is 260. The quantitative estimate of drug-likeness (QED) is 0.490. The lowest BCUT2D eigenvalue weighted by Gasteiger charge is -2.34. The van der Waals surface area contributed by atoms with Gasteiger partial charge >= 0.3 is 0 Å². The minimum atomic E-state index is 0.101. The summed E-state index contributed by atoms with van der Waals surface area (Å²) in [6, 6.07) is 0.500. The van der Waals surface area contributed by atoms with E-state index in [1.165, 1.54) is 6.54 Å². The zero-order valence-corrected chi connectivity index (χ0v) is 12.7. The summed E-state index contributed by atoms with van der Waals surface area (Å²) in [6.07, 6.45) is 2.33. The monoisotopic (exact) mass is 270 g/mol. The van der Waals surface area contributed by atoms with Crippen LogP contribution in [0.3, 0.4) is 0 Å². The molecule has 0 spiro atoms. The summed E-state index contributed by atoms with van der Waals surface area (Å²) in [6.45, 7) is 11.5. The molecule has 1 fully saturated rings. The number of hydrogen-bond donors (Lipinski definition) is 3. The molecule has 0 radical (unpaired) electrons. The van der Waals surface area contributed by atoms with E-state index in [1.807, 2.05) is 0 Å². The molecule has 0 unspecified atom stereocenters. The van der Waals surface area contributed by atoms with Gasteiger partial charge in [-0.3, -0.25) is 4.99 Å². The van der Waals surface area contributed by atoms with Gasteiger partial charge in [0.25, 0.3) is 0 Å². The summed E-state index contributed by atoms with van der Waals surface area (Å²) in [7, 11) is 0. The van der Waals surface area contributed by atoms with E-state index >= 15 is 0 Å². The lowest BCUT2D eigenvalue weighted by atomic mass is 10.0. The molecule has 5 nitrogen and oxygen atoms in total. The zero-order chi connectivity index (χ0) is 14.1. The number of nitrogens with one attached hydrogen (secondary N) is 2. The third-order valence-electron chi connectivity index (χ3n) is 3.27. The fourth-order valence-corrected chi connectivity index (χ4v) is 2.45. The van der Waals surface area contributed by atoms with Gasteiger partial charge in [-0.2, -0.15) is 0 Å².